The van der Waals surface area contributed by atoms with E-state index in [4.69, 9.17) is 0 Å². The molecule has 2 aromatic carbocycles. The molecule has 0 radical (unpaired) electrons. The van der Waals surface area contributed by atoms with E-state index < -0.39 is 20.2 Å². The Kier molecular flexibility index (Phi) is 5.20. The Morgan fingerprint density at radius 3 is 1.39 bits per heavy atom. The summed E-state index contributed by atoms with van der Waals surface area (Å²) in [5.41, 5.74) is 0.876. The zero-order valence-corrected chi connectivity index (χ0v) is 14.2. The predicted molar refractivity (Wildman–Crippen MR) is 84.1 cm³/mol. The average Bonchev–Trinajstić information content (AvgIpc) is 2.55. The SMILES string of the molecule is COS(=O)(=O)c1ccccc1Cc1ccccc1S(=O)(=O)OC. The second-order valence-electron chi connectivity index (χ2n) is 4.63. The van der Waals surface area contributed by atoms with Crippen LogP contribution in [0.2, 0.25) is 0 Å². The van der Waals surface area contributed by atoms with Gasteiger partial charge in [0.25, 0.3) is 20.2 Å². The fourth-order valence-corrected chi connectivity index (χ4v) is 3.94. The minimum Gasteiger partial charge on any atom is -0.270 e. The zero-order chi connectivity index (χ0) is 17.1. The highest BCUT2D eigenvalue weighted by atomic mass is 32.2. The summed E-state index contributed by atoms with van der Waals surface area (Å²) in [6, 6.07) is 12.6. The summed E-state index contributed by atoms with van der Waals surface area (Å²) in [6.07, 6.45) is 0.109. The van der Waals surface area contributed by atoms with Gasteiger partial charge < -0.3 is 0 Å². The Morgan fingerprint density at radius 1 is 0.696 bits per heavy atom. The van der Waals surface area contributed by atoms with Crippen LogP contribution in [0.1, 0.15) is 11.1 Å². The Labute approximate surface area is 135 Å². The van der Waals surface area contributed by atoms with Crippen molar-refractivity contribution in [2.24, 2.45) is 0 Å². The molecule has 0 aliphatic rings. The molecule has 0 spiro atoms. The molecule has 0 aliphatic carbocycles. The Bertz CT molecular complexity index is 826. The molecule has 6 nitrogen and oxygen atoms in total. The van der Waals surface area contributed by atoms with E-state index in [2.05, 4.69) is 8.37 Å². The minimum absolute atomic E-state index is 0.00659. The predicted octanol–water partition coefficient (Wildman–Crippen LogP) is 1.95. The number of benzene rings is 2. The standard InChI is InChI=1S/C15H16O6S2/c1-20-22(16,17)14-9-5-3-7-12(14)11-13-8-4-6-10-15(13)23(18,19)21-2/h3-10H,11H2,1-2H3. The van der Waals surface area contributed by atoms with Gasteiger partial charge in [-0.2, -0.15) is 16.8 Å². The monoisotopic (exact) mass is 356 g/mol. The van der Waals surface area contributed by atoms with Crippen molar-refractivity contribution in [2.45, 2.75) is 16.2 Å². The van der Waals surface area contributed by atoms with Gasteiger partial charge in [-0.3, -0.25) is 8.37 Å². The van der Waals surface area contributed by atoms with Crippen LogP contribution in [-0.4, -0.2) is 31.1 Å². The molecule has 8 heteroatoms. The van der Waals surface area contributed by atoms with Crippen LogP contribution in [0.5, 0.6) is 0 Å². The molecular weight excluding hydrogens is 340 g/mol. The molecule has 0 unspecified atom stereocenters. The maximum atomic E-state index is 12.0. The van der Waals surface area contributed by atoms with Gasteiger partial charge in [0.05, 0.1) is 24.0 Å². The molecule has 0 amide bonds. The van der Waals surface area contributed by atoms with Crippen molar-refractivity contribution in [3.8, 4) is 0 Å². The van der Waals surface area contributed by atoms with Crippen LogP contribution in [0, 0.1) is 0 Å². The van der Waals surface area contributed by atoms with Gasteiger partial charge in [-0.15, -0.1) is 0 Å². The number of hydrogen-bond donors (Lipinski definition) is 0. The van der Waals surface area contributed by atoms with E-state index in [1.807, 2.05) is 0 Å². The van der Waals surface area contributed by atoms with E-state index in [-0.39, 0.29) is 16.2 Å². The maximum absolute atomic E-state index is 12.0. The van der Waals surface area contributed by atoms with Crippen molar-refractivity contribution in [3.63, 3.8) is 0 Å². The molecule has 0 aliphatic heterocycles. The molecule has 0 atom stereocenters. The molecule has 0 saturated carbocycles. The molecule has 0 saturated heterocycles. The summed E-state index contributed by atoms with van der Waals surface area (Å²) in [4.78, 5) is 0.0132. The first kappa shape index (κ1) is 17.6. The van der Waals surface area contributed by atoms with Gasteiger partial charge in [0.2, 0.25) is 0 Å². The summed E-state index contributed by atoms with van der Waals surface area (Å²) < 4.78 is 57.0. The van der Waals surface area contributed by atoms with Crippen molar-refractivity contribution in [2.75, 3.05) is 14.2 Å². The molecule has 124 valence electrons. The number of rotatable bonds is 6. The second-order valence-corrected chi connectivity index (χ2v) is 8.00. The van der Waals surface area contributed by atoms with Crippen molar-refractivity contribution in [1.82, 2.24) is 0 Å². The third-order valence-electron chi connectivity index (χ3n) is 3.30. The second kappa shape index (κ2) is 6.79. The first-order valence-corrected chi connectivity index (χ1v) is 9.40. The Hall–Kier alpha value is -1.74. The molecule has 2 aromatic rings. The molecule has 0 bridgehead atoms. The smallest absolute Gasteiger partial charge is 0.270 e. The summed E-state index contributed by atoms with van der Waals surface area (Å²) in [7, 11) is -5.61. The third kappa shape index (κ3) is 3.78. The highest BCUT2D eigenvalue weighted by Crippen LogP contribution is 2.24. The Morgan fingerprint density at radius 2 is 1.04 bits per heavy atom. The lowest BCUT2D eigenvalue weighted by Gasteiger charge is -2.12. The van der Waals surface area contributed by atoms with Gasteiger partial charge in [0, 0.05) is 6.42 Å². The molecule has 23 heavy (non-hydrogen) atoms. The van der Waals surface area contributed by atoms with Gasteiger partial charge in [0.1, 0.15) is 0 Å². The average molecular weight is 356 g/mol. The largest absolute Gasteiger partial charge is 0.296 e. The normalized spacial score (nSPS) is 12.3. The maximum Gasteiger partial charge on any atom is 0.296 e. The van der Waals surface area contributed by atoms with Crippen molar-refractivity contribution in [3.05, 3.63) is 59.7 Å². The van der Waals surface area contributed by atoms with E-state index in [1.165, 1.54) is 12.1 Å². The van der Waals surface area contributed by atoms with Gasteiger partial charge >= 0.3 is 0 Å². The van der Waals surface area contributed by atoms with Crippen LogP contribution in [0.3, 0.4) is 0 Å². The lowest BCUT2D eigenvalue weighted by atomic mass is 10.1. The summed E-state index contributed by atoms with van der Waals surface area (Å²) in [5.74, 6) is 0. The third-order valence-corrected chi connectivity index (χ3v) is 6.06. The fourth-order valence-electron chi connectivity index (χ4n) is 2.17. The lowest BCUT2D eigenvalue weighted by Crippen LogP contribution is -2.10. The quantitative estimate of drug-likeness (QED) is 0.735. The Balaban J connectivity index is 2.55. The van der Waals surface area contributed by atoms with E-state index in [1.54, 1.807) is 36.4 Å². The molecule has 2 rings (SSSR count). The van der Waals surface area contributed by atoms with E-state index in [0.717, 1.165) is 14.2 Å². The summed E-state index contributed by atoms with van der Waals surface area (Å²) in [5, 5.41) is 0. The van der Waals surface area contributed by atoms with Gasteiger partial charge in [-0.05, 0) is 23.3 Å². The molecular formula is C15H16O6S2. The summed E-state index contributed by atoms with van der Waals surface area (Å²) in [6.45, 7) is 0. The van der Waals surface area contributed by atoms with Crippen LogP contribution in [0.15, 0.2) is 58.3 Å². The summed E-state index contributed by atoms with van der Waals surface area (Å²) >= 11 is 0. The molecule has 0 aromatic heterocycles. The highest BCUT2D eigenvalue weighted by Gasteiger charge is 2.21. The molecule has 0 fully saturated rings. The van der Waals surface area contributed by atoms with Crippen LogP contribution in [0.4, 0.5) is 0 Å². The molecule has 0 heterocycles. The van der Waals surface area contributed by atoms with E-state index >= 15 is 0 Å². The van der Waals surface area contributed by atoms with Gasteiger partial charge in [-0.25, -0.2) is 0 Å². The van der Waals surface area contributed by atoms with Gasteiger partial charge in [0.15, 0.2) is 0 Å². The van der Waals surface area contributed by atoms with Crippen molar-refractivity contribution >= 4 is 20.2 Å². The van der Waals surface area contributed by atoms with E-state index in [9.17, 15) is 16.8 Å². The fraction of sp³-hybridized carbons (Fsp3) is 0.200. The first-order valence-electron chi connectivity index (χ1n) is 6.59. The van der Waals surface area contributed by atoms with Crippen LogP contribution in [-0.2, 0) is 35.0 Å². The first-order chi connectivity index (χ1) is 10.8. The topological polar surface area (TPSA) is 86.7 Å². The lowest BCUT2D eigenvalue weighted by molar-refractivity contribution is 0.397. The van der Waals surface area contributed by atoms with E-state index in [0.29, 0.717) is 11.1 Å². The molecule has 0 N–H and O–H groups in total. The van der Waals surface area contributed by atoms with Crippen molar-refractivity contribution < 1.29 is 25.2 Å². The van der Waals surface area contributed by atoms with Crippen LogP contribution >= 0.6 is 0 Å². The zero-order valence-electron chi connectivity index (χ0n) is 12.6. The highest BCUT2D eigenvalue weighted by molar-refractivity contribution is 7.87. The van der Waals surface area contributed by atoms with Crippen LogP contribution < -0.4 is 0 Å². The van der Waals surface area contributed by atoms with Crippen LogP contribution in [0.25, 0.3) is 0 Å². The minimum atomic E-state index is -3.88. The van der Waals surface area contributed by atoms with Crippen molar-refractivity contribution in [1.29, 1.82) is 0 Å². The van der Waals surface area contributed by atoms with Gasteiger partial charge in [-0.1, -0.05) is 36.4 Å². The number of hydrogen-bond acceptors (Lipinski definition) is 6.